The molecule has 5 rings (SSSR count). The van der Waals surface area contributed by atoms with Crippen LogP contribution in [0.3, 0.4) is 0 Å². The fraction of sp³-hybridized carbons (Fsp3) is 0.310. The summed E-state index contributed by atoms with van der Waals surface area (Å²) in [5.74, 6) is -2.44. The van der Waals surface area contributed by atoms with Crippen LogP contribution >= 0.6 is 11.3 Å². The predicted octanol–water partition coefficient (Wildman–Crippen LogP) is 3.61. The number of aliphatic hydroxyl groups is 2. The number of nitrogens with zero attached hydrogens (tertiary/aromatic N) is 2. The summed E-state index contributed by atoms with van der Waals surface area (Å²) in [5, 5.41) is 26.2. The average molecular weight is 634 g/mol. The van der Waals surface area contributed by atoms with Gasteiger partial charge in [0.25, 0.3) is 5.91 Å². The van der Waals surface area contributed by atoms with Gasteiger partial charge in [0, 0.05) is 23.2 Å². The van der Waals surface area contributed by atoms with Crippen molar-refractivity contribution in [2.45, 2.75) is 37.1 Å². The number of nitrogens with two attached hydrogens (primary N) is 1. The van der Waals surface area contributed by atoms with Crippen molar-refractivity contribution in [2.75, 3.05) is 25.0 Å². The SMILES string of the molecule is C[C@H](O)CNc1nc2ccc(C(=O)NCC(O)(c3cc4c(c(-c5ccc(F)cc5)n3)OC[C@]4(C)C(N)=O)C(F)(F)F)cc2s1. The first-order valence-electron chi connectivity index (χ1n) is 13.3. The van der Waals surface area contributed by atoms with E-state index in [1.165, 1.54) is 48.6 Å². The normalized spacial score (nSPS) is 18.3. The smallest absolute Gasteiger partial charge is 0.424 e. The highest BCUT2D eigenvalue weighted by Gasteiger charge is 2.57. The van der Waals surface area contributed by atoms with Gasteiger partial charge in [-0.25, -0.2) is 14.4 Å². The number of thiazole rings is 1. The second-order valence-electron chi connectivity index (χ2n) is 10.7. The molecule has 0 aliphatic carbocycles. The largest absolute Gasteiger partial charge is 0.489 e. The number of nitrogens with one attached hydrogen (secondary N) is 2. The molecule has 10 nitrogen and oxygen atoms in total. The summed E-state index contributed by atoms with van der Waals surface area (Å²) in [6.45, 7) is 1.59. The first kappa shape index (κ1) is 31.1. The Kier molecular flexibility index (Phi) is 7.99. The Morgan fingerprint density at radius 3 is 2.50 bits per heavy atom. The molecule has 6 N–H and O–H groups in total. The van der Waals surface area contributed by atoms with Crippen LogP contribution in [0, 0.1) is 5.82 Å². The number of carbonyl (C=O) groups excluding carboxylic acids is 2. The van der Waals surface area contributed by atoms with Crippen LogP contribution in [0.15, 0.2) is 48.5 Å². The lowest BCUT2D eigenvalue weighted by molar-refractivity contribution is -0.265. The minimum absolute atomic E-state index is 0.0105. The molecule has 1 unspecified atom stereocenters. The Labute approximate surface area is 251 Å². The van der Waals surface area contributed by atoms with E-state index >= 15 is 0 Å². The average Bonchev–Trinajstić information content (AvgIpc) is 3.55. The van der Waals surface area contributed by atoms with Gasteiger partial charge in [0.2, 0.25) is 11.5 Å². The molecule has 0 spiro atoms. The number of halogens is 4. The third-order valence-corrected chi connectivity index (χ3v) is 8.31. The van der Waals surface area contributed by atoms with Gasteiger partial charge in [0.1, 0.15) is 29.3 Å². The van der Waals surface area contributed by atoms with Gasteiger partial charge in [-0.15, -0.1) is 0 Å². The maximum atomic E-state index is 14.6. The first-order chi connectivity index (χ1) is 20.6. The number of rotatable bonds is 9. The summed E-state index contributed by atoms with van der Waals surface area (Å²) in [4.78, 5) is 33.8. The lowest BCUT2D eigenvalue weighted by atomic mass is 9.81. The standard InChI is InChI=1S/C29H27F4N5O5S/c1-14(39)11-35-26-37-19-8-5-16(9-20(19)44-26)24(40)36-12-28(42,29(31,32)33)21-10-18-23(43-13-27(18,2)25(34)41)22(38-21)15-3-6-17(30)7-4-15/h3-10,14,39,42H,11-13H2,1-2H3,(H2,34,41)(H,35,37)(H,36,40)/t14-,27-,28?/m0/s1. The molecular weight excluding hydrogens is 606 g/mol. The van der Waals surface area contributed by atoms with Crippen molar-refractivity contribution in [1.82, 2.24) is 15.3 Å². The van der Waals surface area contributed by atoms with Crippen molar-refractivity contribution in [3.63, 3.8) is 0 Å². The maximum Gasteiger partial charge on any atom is 0.424 e. The van der Waals surface area contributed by atoms with Crippen LogP contribution in [-0.2, 0) is 15.8 Å². The third kappa shape index (κ3) is 5.65. The molecular formula is C29H27F4N5O5S. The van der Waals surface area contributed by atoms with Crippen molar-refractivity contribution < 1.29 is 42.1 Å². The summed E-state index contributed by atoms with van der Waals surface area (Å²) in [6, 6.07) is 9.90. The number of alkyl halides is 3. The minimum atomic E-state index is -5.35. The molecule has 44 heavy (non-hydrogen) atoms. The molecule has 0 bridgehead atoms. The van der Waals surface area contributed by atoms with Crippen molar-refractivity contribution in [3.8, 4) is 17.0 Å². The predicted molar refractivity (Wildman–Crippen MR) is 154 cm³/mol. The highest BCUT2D eigenvalue weighted by Crippen LogP contribution is 2.47. The Balaban J connectivity index is 1.51. The van der Waals surface area contributed by atoms with E-state index in [-0.39, 0.29) is 41.3 Å². The van der Waals surface area contributed by atoms with Crippen molar-refractivity contribution in [2.24, 2.45) is 5.73 Å². The number of primary amides is 1. The molecule has 0 saturated heterocycles. The molecule has 1 aliphatic rings. The first-order valence-corrected chi connectivity index (χ1v) is 14.1. The van der Waals surface area contributed by atoms with Crippen LogP contribution in [-0.4, -0.2) is 64.0 Å². The monoisotopic (exact) mass is 633 g/mol. The van der Waals surface area contributed by atoms with E-state index in [9.17, 15) is 37.4 Å². The van der Waals surface area contributed by atoms with E-state index in [0.717, 1.165) is 18.2 Å². The van der Waals surface area contributed by atoms with Crippen LogP contribution in [0.5, 0.6) is 5.75 Å². The van der Waals surface area contributed by atoms with Gasteiger partial charge >= 0.3 is 6.18 Å². The number of fused-ring (bicyclic) bond motifs is 2. The summed E-state index contributed by atoms with van der Waals surface area (Å²) >= 11 is 1.18. The molecule has 232 valence electrons. The lowest BCUT2D eigenvalue weighted by Crippen LogP contribution is -2.51. The molecule has 15 heteroatoms. The highest BCUT2D eigenvalue weighted by atomic mass is 32.1. The van der Waals surface area contributed by atoms with E-state index in [1.54, 1.807) is 6.92 Å². The van der Waals surface area contributed by atoms with Gasteiger partial charge in [-0.1, -0.05) is 11.3 Å². The van der Waals surface area contributed by atoms with Crippen LogP contribution < -0.4 is 21.1 Å². The second-order valence-corrected chi connectivity index (χ2v) is 11.7. The zero-order valence-corrected chi connectivity index (χ0v) is 24.1. The van der Waals surface area contributed by atoms with Crippen LogP contribution in [0.4, 0.5) is 22.7 Å². The van der Waals surface area contributed by atoms with Crippen molar-refractivity contribution >= 4 is 38.5 Å². The number of hydrogen-bond donors (Lipinski definition) is 5. The van der Waals surface area contributed by atoms with E-state index in [2.05, 4.69) is 20.6 Å². The molecule has 3 heterocycles. The number of anilines is 1. The van der Waals surface area contributed by atoms with Crippen LogP contribution in [0.1, 0.15) is 35.5 Å². The molecule has 0 radical (unpaired) electrons. The Morgan fingerprint density at radius 2 is 1.86 bits per heavy atom. The fourth-order valence-corrected chi connectivity index (χ4v) is 5.54. The number of ether oxygens (including phenoxy) is 1. The van der Waals surface area contributed by atoms with Gasteiger partial charge in [0.05, 0.1) is 28.6 Å². The van der Waals surface area contributed by atoms with E-state index in [1.807, 2.05) is 0 Å². The summed E-state index contributed by atoms with van der Waals surface area (Å²) in [6.07, 6.45) is -5.98. The molecule has 1 aliphatic heterocycles. The van der Waals surface area contributed by atoms with E-state index in [0.29, 0.717) is 15.3 Å². The van der Waals surface area contributed by atoms with E-state index < -0.39 is 53.2 Å². The van der Waals surface area contributed by atoms with Crippen LogP contribution in [0.2, 0.25) is 0 Å². The minimum Gasteiger partial charge on any atom is -0.489 e. The van der Waals surface area contributed by atoms with E-state index in [4.69, 9.17) is 10.5 Å². The van der Waals surface area contributed by atoms with Crippen molar-refractivity contribution in [1.29, 1.82) is 0 Å². The topological polar surface area (TPSA) is 160 Å². The quantitative estimate of drug-likeness (QED) is 0.175. The lowest BCUT2D eigenvalue weighted by Gasteiger charge is -2.31. The summed E-state index contributed by atoms with van der Waals surface area (Å²) in [5.41, 5.74) is -0.142. The Bertz CT molecular complexity index is 1750. The number of aliphatic hydroxyl groups excluding tert-OH is 1. The number of aromatic nitrogens is 2. The number of hydrogen-bond acceptors (Lipinski definition) is 9. The zero-order chi connectivity index (χ0) is 32.0. The van der Waals surface area contributed by atoms with Gasteiger partial charge in [-0.2, -0.15) is 13.2 Å². The highest BCUT2D eigenvalue weighted by molar-refractivity contribution is 7.22. The number of amides is 2. The number of pyridine rings is 1. The number of benzene rings is 2. The van der Waals surface area contributed by atoms with Crippen molar-refractivity contribution in [3.05, 3.63) is 71.2 Å². The van der Waals surface area contributed by atoms with Gasteiger partial charge in [-0.05, 0) is 62.4 Å². The fourth-order valence-electron chi connectivity index (χ4n) is 4.63. The maximum absolute atomic E-state index is 14.6. The molecule has 4 aromatic rings. The zero-order valence-electron chi connectivity index (χ0n) is 23.3. The second kappa shape index (κ2) is 11.3. The summed E-state index contributed by atoms with van der Waals surface area (Å²) < 4.78 is 63.7. The third-order valence-electron chi connectivity index (χ3n) is 7.33. The molecule has 2 aromatic carbocycles. The van der Waals surface area contributed by atoms with Crippen LogP contribution in [0.25, 0.3) is 21.5 Å². The molecule has 0 fully saturated rings. The van der Waals surface area contributed by atoms with Gasteiger partial charge in [-0.3, -0.25) is 9.59 Å². The molecule has 2 aromatic heterocycles. The summed E-state index contributed by atoms with van der Waals surface area (Å²) in [7, 11) is 0. The molecule has 3 atom stereocenters. The molecule has 2 amide bonds. The Hall–Kier alpha value is -4.34. The van der Waals surface area contributed by atoms with Gasteiger partial charge < -0.3 is 31.3 Å². The van der Waals surface area contributed by atoms with Gasteiger partial charge in [0.15, 0.2) is 5.13 Å². The molecule has 0 saturated carbocycles. The Morgan fingerprint density at radius 1 is 1.16 bits per heavy atom. The number of carbonyl (C=O) groups is 2.